The highest BCUT2D eigenvalue weighted by atomic mass is 79.9. The summed E-state index contributed by atoms with van der Waals surface area (Å²) >= 11 is 8.54. The molecule has 2 nitrogen and oxygen atoms in total. The van der Waals surface area contributed by atoms with Crippen LogP contribution >= 0.6 is 27.5 Å². The first-order valence-corrected chi connectivity index (χ1v) is 5.66. The monoisotopic (exact) mass is 312 g/mol. The summed E-state index contributed by atoms with van der Waals surface area (Å²) in [6.45, 7) is -2.91. The lowest BCUT2D eigenvalue weighted by atomic mass is 10.1. The highest BCUT2D eigenvalue weighted by Gasteiger charge is 2.12. The van der Waals surface area contributed by atoms with E-state index in [1.807, 2.05) is 0 Å². The summed E-state index contributed by atoms with van der Waals surface area (Å²) in [6.07, 6.45) is -0.0228. The van der Waals surface area contributed by atoms with Gasteiger partial charge in [-0.1, -0.05) is 15.9 Å². The maximum absolute atomic E-state index is 12.1. The van der Waals surface area contributed by atoms with Crippen LogP contribution in [0.1, 0.15) is 5.56 Å². The van der Waals surface area contributed by atoms with Crippen molar-refractivity contribution in [1.82, 2.24) is 0 Å². The Morgan fingerprint density at radius 1 is 1.50 bits per heavy atom. The summed E-state index contributed by atoms with van der Waals surface area (Å²) in [5.41, 5.74) is 0.389. The van der Waals surface area contributed by atoms with E-state index in [0.29, 0.717) is 10.0 Å². The van der Waals surface area contributed by atoms with Crippen LogP contribution in [0.25, 0.3) is 0 Å². The first-order valence-electron chi connectivity index (χ1n) is 4.34. The van der Waals surface area contributed by atoms with Crippen LogP contribution in [0.2, 0.25) is 0 Å². The summed E-state index contributed by atoms with van der Waals surface area (Å²) in [6, 6.07) is 4.50. The average Bonchev–Trinajstić information content (AvgIpc) is 2.21. The largest absolute Gasteiger partial charge is 0.435 e. The van der Waals surface area contributed by atoms with Gasteiger partial charge in [-0.3, -0.25) is 4.79 Å². The zero-order chi connectivity index (χ0) is 12.1. The summed E-state index contributed by atoms with van der Waals surface area (Å²) in [5, 5.41) is 0. The molecule has 0 atom stereocenters. The van der Waals surface area contributed by atoms with Crippen molar-refractivity contribution in [3.8, 4) is 5.75 Å². The minimum Gasteiger partial charge on any atom is -0.435 e. The van der Waals surface area contributed by atoms with Crippen LogP contribution < -0.4 is 4.74 Å². The molecule has 0 fully saturated rings. The SMILES string of the molecule is O=C(CCl)Cc1cc(Br)ccc1OC(F)F. The normalized spacial score (nSPS) is 10.6. The minimum atomic E-state index is -2.91. The van der Waals surface area contributed by atoms with Crippen molar-refractivity contribution in [2.75, 3.05) is 5.88 Å². The fourth-order valence-electron chi connectivity index (χ4n) is 1.16. The number of rotatable bonds is 5. The predicted molar refractivity (Wildman–Crippen MR) is 60.2 cm³/mol. The highest BCUT2D eigenvalue weighted by molar-refractivity contribution is 9.10. The van der Waals surface area contributed by atoms with E-state index in [9.17, 15) is 13.6 Å². The molecule has 0 aliphatic carbocycles. The topological polar surface area (TPSA) is 26.3 Å². The maximum Gasteiger partial charge on any atom is 0.387 e. The fraction of sp³-hybridized carbons (Fsp3) is 0.300. The van der Waals surface area contributed by atoms with Gasteiger partial charge in [-0.15, -0.1) is 11.6 Å². The Hall–Kier alpha value is -0.680. The number of hydrogen-bond acceptors (Lipinski definition) is 2. The quantitative estimate of drug-likeness (QED) is 0.779. The van der Waals surface area contributed by atoms with Crippen molar-refractivity contribution < 1.29 is 18.3 Å². The van der Waals surface area contributed by atoms with Crippen LogP contribution in [-0.2, 0) is 11.2 Å². The molecule has 0 spiro atoms. The second-order valence-electron chi connectivity index (χ2n) is 2.98. The number of ether oxygens (including phenoxy) is 1. The Bertz CT molecular complexity index is 385. The second kappa shape index (κ2) is 6.15. The maximum atomic E-state index is 12.1. The summed E-state index contributed by atoms with van der Waals surface area (Å²) in [7, 11) is 0. The van der Waals surface area contributed by atoms with Gasteiger partial charge in [0.05, 0.1) is 5.88 Å². The number of halogens is 4. The van der Waals surface area contributed by atoms with E-state index in [-0.39, 0.29) is 23.8 Å². The van der Waals surface area contributed by atoms with Crippen molar-refractivity contribution in [3.05, 3.63) is 28.2 Å². The van der Waals surface area contributed by atoms with Gasteiger partial charge in [0.25, 0.3) is 0 Å². The third kappa shape index (κ3) is 4.06. The molecule has 0 bridgehead atoms. The van der Waals surface area contributed by atoms with E-state index in [0.717, 1.165) is 0 Å². The van der Waals surface area contributed by atoms with Gasteiger partial charge < -0.3 is 4.74 Å². The number of benzene rings is 1. The van der Waals surface area contributed by atoms with Gasteiger partial charge in [0.15, 0.2) is 5.78 Å². The second-order valence-corrected chi connectivity index (χ2v) is 4.16. The van der Waals surface area contributed by atoms with E-state index in [2.05, 4.69) is 20.7 Å². The smallest absolute Gasteiger partial charge is 0.387 e. The number of Topliss-reactive ketones (excluding diaryl/α,β-unsaturated/α-hetero) is 1. The van der Waals surface area contributed by atoms with Gasteiger partial charge >= 0.3 is 6.61 Å². The van der Waals surface area contributed by atoms with E-state index in [1.54, 1.807) is 12.1 Å². The van der Waals surface area contributed by atoms with E-state index < -0.39 is 6.61 Å². The zero-order valence-electron chi connectivity index (χ0n) is 8.05. The van der Waals surface area contributed by atoms with Crippen molar-refractivity contribution in [3.63, 3.8) is 0 Å². The Morgan fingerprint density at radius 2 is 2.19 bits per heavy atom. The van der Waals surface area contributed by atoms with Gasteiger partial charge in [0.1, 0.15) is 5.75 Å². The van der Waals surface area contributed by atoms with E-state index >= 15 is 0 Å². The van der Waals surface area contributed by atoms with Crippen LogP contribution in [-0.4, -0.2) is 18.3 Å². The third-order valence-corrected chi connectivity index (χ3v) is 2.57. The Kier molecular flexibility index (Phi) is 5.15. The minimum absolute atomic E-state index is 0.00309. The van der Waals surface area contributed by atoms with Crippen molar-refractivity contribution in [2.24, 2.45) is 0 Å². The van der Waals surface area contributed by atoms with Crippen LogP contribution in [0, 0.1) is 0 Å². The summed E-state index contributed by atoms with van der Waals surface area (Å²) < 4.78 is 29.1. The highest BCUT2D eigenvalue weighted by Crippen LogP contribution is 2.25. The Morgan fingerprint density at radius 3 is 2.75 bits per heavy atom. The Labute approximate surface area is 105 Å². The van der Waals surface area contributed by atoms with Crippen LogP contribution in [0.5, 0.6) is 5.75 Å². The van der Waals surface area contributed by atoms with Gasteiger partial charge in [-0.05, 0) is 18.2 Å². The van der Waals surface area contributed by atoms with Gasteiger partial charge in [0.2, 0.25) is 0 Å². The van der Waals surface area contributed by atoms with E-state index in [1.165, 1.54) is 6.07 Å². The van der Waals surface area contributed by atoms with Crippen LogP contribution in [0.3, 0.4) is 0 Å². The van der Waals surface area contributed by atoms with Gasteiger partial charge in [-0.2, -0.15) is 8.78 Å². The lowest BCUT2D eigenvalue weighted by Gasteiger charge is -2.10. The molecule has 0 amide bonds. The zero-order valence-corrected chi connectivity index (χ0v) is 10.4. The average molecular weight is 314 g/mol. The molecule has 88 valence electrons. The third-order valence-electron chi connectivity index (χ3n) is 1.78. The number of carbonyl (C=O) groups excluding carboxylic acids is 1. The standard InChI is InChI=1S/C10H8BrClF2O2/c11-7-1-2-9(16-10(13)14)6(3-7)4-8(15)5-12/h1-3,10H,4-5H2. The van der Waals surface area contributed by atoms with Crippen LogP contribution in [0.4, 0.5) is 8.78 Å². The summed E-state index contributed by atoms with van der Waals surface area (Å²) in [5.74, 6) is -0.406. The lowest BCUT2D eigenvalue weighted by molar-refractivity contribution is -0.116. The molecule has 0 radical (unpaired) electrons. The molecular weight excluding hydrogens is 305 g/mol. The Balaban J connectivity index is 2.93. The van der Waals surface area contributed by atoms with Crippen molar-refractivity contribution in [2.45, 2.75) is 13.0 Å². The molecule has 0 aliphatic rings. The molecule has 1 aromatic rings. The number of carbonyl (C=O) groups is 1. The van der Waals surface area contributed by atoms with Crippen molar-refractivity contribution in [1.29, 1.82) is 0 Å². The van der Waals surface area contributed by atoms with Gasteiger partial charge in [0, 0.05) is 16.5 Å². The molecule has 0 saturated carbocycles. The molecule has 0 aliphatic heterocycles. The van der Waals surface area contributed by atoms with Crippen LogP contribution in [0.15, 0.2) is 22.7 Å². The number of hydrogen-bond donors (Lipinski definition) is 0. The number of ketones is 1. The van der Waals surface area contributed by atoms with Crippen molar-refractivity contribution >= 4 is 33.3 Å². The first-order chi connectivity index (χ1) is 7.52. The molecule has 16 heavy (non-hydrogen) atoms. The number of alkyl halides is 3. The molecule has 6 heteroatoms. The molecule has 0 heterocycles. The molecule has 0 saturated heterocycles. The molecular formula is C10H8BrClF2O2. The van der Waals surface area contributed by atoms with E-state index in [4.69, 9.17) is 11.6 Å². The molecule has 0 unspecified atom stereocenters. The lowest BCUT2D eigenvalue weighted by Crippen LogP contribution is -2.09. The summed E-state index contributed by atoms with van der Waals surface area (Å²) in [4.78, 5) is 11.1. The van der Waals surface area contributed by atoms with Gasteiger partial charge in [-0.25, -0.2) is 0 Å². The molecule has 1 rings (SSSR count). The fourth-order valence-corrected chi connectivity index (χ4v) is 1.66. The first kappa shape index (κ1) is 13.4. The predicted octanol–water partition coefficient (Wildman–Crippen LogP) is 3.40. The molecule has 1 aromatic carbocycles. The molecule has 0 aromatic heterocycles. The molecule has 0 N–H and O–H groups in total.